The van der Waals surface area contributed by atoms with Gasteiger partial charge in [-0.15, -0.1) is 18.3 Å². The van der Waals surface area contributed by atoms with Crippen LogP contribution in [0.1, 0.15) is 13.8 Å². The number of hydrogen-bond donors (Lipinski definition) is 1. The maximum absolute atomic E-state index is 11.6. The van der Waals surface area contributed by atoms with Crippen molar-refractivity contribution in [1.82, 2.24) is 5.32 Å². The third-order valence-corrected chi connectivity index (χ3v) is 3.11. The predicted octanol–water partition coefficient (Wildman–Crippen LogP) is 3.38. The number of allylic oxidation sites excluding steroid dienone is 1. The van der Waals surface area contributed by atoms with Gasteiger partial charge in [0.05, 0.1) is 0 Å². The fraction of sp³-hybridized carbons (Fsp3) is 0.267. The molecule has 4 heteroatoms. The van der Waals surface area contributed by atoms with Gasteiger partial charge >= 0.3 is 5.97 Å². The summed E-state index contributed by atoms with van der Waals surface area (Å²) in [5.74, 6) is 1.19. The Morgan fingerprint density at radius 2 is 2.11 bits per heavy atom. The highest BCUT2D eigenvalue weighted by atomic mass is 32.2. The largest absolute Gasteiger partial charge is 0.423 e. The molecule has 0 spiro atoms. The molecule has 1 aromatic rings. The summed E-state index contributed by atoms with van der Waals surface area (Å²) in [4.78, 5) is 12.8. The molecule has 0 unspecified atom stereocenters. The van der Waals surface area contributed by atoms with E-state index in [0.717, 1.165) is 11.4 Å². The van der Waals surface area contributed by atoms with Crippen LogP contribution in [0.15, 0.2) is 53.6 Å². The molecule has 0 radical (unpaired) electrons. The Bertz CT molecular complexity index is 452. The lowest BCUT2D eigenvalue weighted by Gasteiger charge is -2.05. The average Bonchev–Trinajstić information content (AvgIpc) is 2.39. The maximum atomic E-state index is 11.6. The van der Waals surface area contributed by atoms with Crippen LogP contribution in [0.4, 0.5) is 0 Å². The van der Waals surface area contributed by atoms with Gasteiger partial charge in [-0.1, -0.05) is 13.0 Å². The molecule has 0 saturated heterocycles. The molecular formula is C15H19NO2S. The fourth-order valence-corrected chi connectivity index (χ4v) is 2.04. The fourth-order valence-electron chi connectivity index (χ4n) is 1.38. The molecule has 1 aromatic carbocycles. The zero-order chi connectivity index (χ0) is 14.1. The first-order valence-electron chi connectivity index (χ1n) is 6.13. The number of hydrogen-bond acceptors (Lipinski definition) is 4. The van der Waals surface area contributed by atoms with Crippen LogP contribution in [0.5, 0.6) is 5.75 Å². The van der Waals surface area contributed by atoms with Gasteiger partial charge in [-0.2, -0.15) is 0 Å². The van der Waals surface area contributed by atoms with Crippen LogP contribution in [-0.2, 0) is 4.79 Å². The van der Waals surface area contributed by atoms with Crippen LogP contribution in [0.3, 0.4) is 0 Å². The van der Waals surface area contributed by atoms with Crippen LogP contribution >= 0.6 is 11.8 Å². The van der Waals surface area contributed by atoms with Gasteiger partial charge < -0.3 is 10.1 Å². The number of thioether (sulfide) groups is 1. The highest BCUT2D eigenvalue weighted by molar-refractivity contribution is 7.99. The molecule has 3 nitrogen and oxygen atoms in total. The average molecular weight is 277 g/mol. The first kappa shape index (κ1) is 15.4. The van der Waals surface area contributed by atoms with Gasteiger partial charge in [-0.3, -0.25) is 0 Å². The Morgan fingerprint density at radius 3 is 2.68 bits per heavy atom. The number of carbonyl (C=O) groups excluding carboxylic acids is 1. The number of benzene rings is 1. The van der Waals surface area contributed by atoms with E-state index in [1.807, 2.05) is 19.1 Å². The molecule has 0 aliphatic rings. The Labute approximate surface area is 118 Å². The van der Waals surface area contributed by atoms with E-state index < -0.39 is 0 Å². The molecular weight excluding hydrogens is 258 g/mol. The maximum Gasteiger partial charge on any atom is 0.337 e. The zero-order valence-electron chi connectivity index (χ0n) is 11.3. The van der Waals surface area contributed by atoms with Crippen LogP contribution in [0, 0.1) is 0 Å². The number of nitrogens with one attached hydrogen (secondary N) is 1. The monoisotopic (exact) mass is 277 g/mol. The van der Waals surface area contributed by atoms with Gasteiger partial charge in [0.2, 0.25) is 0 Å². The third kappa shape index (κ3) is 6.15. The van der Waals surface area contributed by atoms with Gasteiger partial charge in [-0.25, -0.2) is 4.79 Å². The summed E-state index contributed by atoms with van der Waals surface area (Å²) in [6, 6.07) is 7.50. The van der Waals surface area contributed by atoms with E-state index in [-0.39, 0.29) is 5.97 Å². The number of esters is 1. The number of ether oxygens (including phenoxy) is 1. The molecule has 1 N–H and O–H groups in total. The second-order valence-corrected chi connectivity index (χ2v) is 5.16. The van der Waals surface area contributed by atoms with Crippen molar-refractivity contribution in [1.29, 1.82) is 0 Å². The first-order valence-corrected chi connectivity index (χ1v) is 7.12. The Kier molecular flexibility index (Phi) is 6.82. The second kappa shape index (κ2) is 8.43. The summed E-state index contributed by atoms with van der Waals surface area (Å²) >= 11 is 1.75. The van der Waals surface area contributed by atoms with E-state index in [9.17, 15) is 4.79 Å². The van der Waals surface area contributed by atoms with Crippen LogP contribution in [0.2, 0.25) is 0 Å². The van der Waals surface area contributed by atoms with E-state index in [2.05, 4.69) is 18.8 Å². The molecule has 0 amide bonds. The molecule has 0 heterocycles. The molecule has 1 rings (SSSR count). The molecule has 19 heavy (non-hydrogen) atoms. The van der Waals surface area contributed by atoms with E-state index in [0.29, 0.717) is 12.3 Å². The minimum absolute atomic E-state index is 0.384. The van der Waals surface area contributed by atoms with Gasteiger partial charge in [0.1, 0.15) is 5.75 Å². The van der Waals surface area contributed by atoms with E-state index in [1.54, 1.807) is 30.0 Å². The normalized spacial score (nSPS) is 10.9. The van der Waals surface area contributed by atoms with Crippen molar-refractivity contribution in [3.8, 4) is 5.75 Å². The molecule has 0 fully saturated rings. The van der Waals surface area contributed by atoms with Crippen molar-refractivity contribution in [2.45, 2.75) is 18.7 Å². The van der Waals surface area contributed by atoms with Gasteiger partial charge in [-0.05, 0) is 36.9 Å². The standard InChI is InChI=1S/C15H19NO2S/c1-4-10-16-12(3)11-15(17)18-13-6-8-14(9-7-13)19-5-2/h4,6-9,11,16H,1,5,10H2,2-3H3/b12-11-. The van der Waals surface area contributed by atoms with Crippen molar-refractivity contribution in [3.05, 3.63) is 48.7 Å². The molecule has 0 atom stereocenters. The van der Waals surface area contributed by atoms with E-state index in [1.165, 1.54) is 11.0 Å². The van der Waals surface area contributed by atoms with E-state index in [4.69, 9.17) is 4.74 Å². The number of carbonyl (C=O) groups is 1. The minimum Gasteiger partial charge on any atom is -0.423 e. The molecule has 0 aliphatic carbocycles. The van der Waals surface area contributed by atoms with Gasteiger partial charge in [0, 0.05) is 23.2 Å². The molecule has 0 saturated carbocycles. The topological polar surface area (TPSA) is 38.3 Å². The van der Waals surface area contributed by atoms with Gasteiger partial charge in [0.25, 0.3) is 0 Å². The summed E-state index contributed by atoms with van der Waals surface area (Å²) in [6.45, 7) is 8.13. The van der Waals surface area contributed by atoms with Crippen LogP contribution in [0.25, 0.3) is 0 Å². The summed E-state index contributed by atoms with van der Waals surface area (Å²) < 4.78 is 5.21. The second-order valence-electron chi connectivity index (χ2n) is 3.82. The Morgan fingerprint density at radius 1 is 1.42 bits per heavy atom. The lowest BCUT2D eigenvalue weighted by Crippen LogP contribution is -2.14. The highest BCUT2D eigenvalue weighted by Crippen LogP contribution is 2.21. The lowest BCUT2D eigenvalue weighted by molar-refractivity contribution is -0.129. The predicted molar refractivity (Wildman–Crippen MR) is 80.4 cm³/mol. The molecule has 102 valence electrons. The van der Waals surface area contributed by atoms with Crippen LogP contribution in [-0.4, -0.2) is 18.3 Å². The van der Waals surface area contributed by atoms with Crippen LogP contribution < -0.4 is 10.1 Å². The van der Waals surface area contributed by atoms with Crippen molar-refractivity contribution < 1.29 is 9.53 Å². The smallest absolute Gasteiger partial charge is 0.337 e. The van der Waals surface area contributed by atoms with Crippen molar-refractivity contribution in [2.75, 3.05) is 12.3 Å². The summed E-state index contributed by atoms with van der Waals surface area (Å²) in [5.41, 5.74) is 0.753. The highest BCUT2D eigenvalue weighted by Gasteiger charge is 2.02. The van der Waals surface area contributed by atoms with Crippen molar-refractivity contribution in [2.24, 2.45) is 0 Å². The quantitative estimate of drug-likeness (QED) is 0.273. The minimum atomic E-state index is -0.384. The molecule has 0 bridgehead atoms. The van der Waals surface area contributed by atoms with Gasteiger partial charge in [0.15, 0.2) is 0 Å². The number of rotatable bonds is 7. The SMILES string of the molecule is C=CCN/C(C)=C\C(=O)Oc1ccc(SCC)cc1. The zero-order valence-corrected chi connectivity index (χ0v) is 12.1. The Hall–Kier alpha value is -1.68. The van der Waals surface area contributed by atoms with E-state index >= 15 is 0 Å². The summed E-state index contributed by atoms with van der Waals surface area (Å²) in [6.07, 6.45) is 3.16. The van der Waals surface area contributed by atoms with Crippen molar-refractivity contribution in [3.63, 3.8) is 0 Å². The molecule has 0 aromatic heterocycles. The third-order valence-electron chi connectivity index (χ3n) is 2.21. The summed E-state index contributed by atoms with van der Waals surface area (Å²) in [7, 11) is 0. The Balaban J connectivity index is 2.54. The van der Waals surface area contributed by atoms with Crippen molar-refractivity contribution >= 4 is 17.7 Å². The summed E-state index contributed by atoms with van der Waals surface area (Å²) in [5, 5.41) is 3.01. The molecule has 0 aliphatic heterocycles. The first-order chi connectivity index (χ1) is 9.15. The lowest BCUT2D eigenvalue weighted by atomic mass is 10.3.